The Morgan fingerprint density at radius 1 is 1.13 bits per heavy atom. The number of aromatic nitrogens is 2. The van der Waals surface area contributed by atoms with Gasteiger partial charge in [0, 0.05) is 16.5 Å². The summed E-state index contributed by atoms with van der Waals surface area (Å²) < 4.78 is 12.2. The molecule has 0 bridgehead atoms. The summed E-state index contributed by atoms with van der Waals surface area (Å²) in [7, 11) is 3.09. The molecule has 8 heteroatoms. The van der Waals surface area contributed by atoms with Crippen molar-refractivity contribution in [3.8, 4) is 11.5 Å². The Hall–Kier alpha value is -2.32. The average molecular weight is 447 g/mol. The topological polar surface area (TPSA) is 70.4 Å². The molecule has 0 saturated heterocycles. The van der Waals surface area contributed by atoms with E-state index in [1.165, 1.54) is 30.2 Å². The fourth-order valence-corrected chi connectivity index (χ4v) is 5.45. The van der Waals surface area contributed by atoms with E-state index in [9.17, 15) is 9.59 Å². The van der Waals surface area contributed by atoms with E-state index in [2.05, 4.69) is 0 Å². The van der Waals surface area contributed by atoms with Crippen LogP contribution in [0, 0.1) is 13.8 Å². The van der Waals surface area contributed by atoms with E-state index in [0.29, 0.717) is 27.6 Å². The van der Waals surface area contributed by atoms with Gasteiger partial charge in [-0.25, -0.2) is 4.98 Å². The number of hydrogen-bond acceptors (Lipinski definition) is 7. The molecule has 0 aliphatic carbocycles. The van der Waals surface area contributed by atoms with Crippen LogP contribution in [0.4, 0.5) is 0 Å². The summed E-state index contributed by atoms with van der Waals surface area (Å²) in [6.45, 7) is 9.69. The van der Waals surface area contributed by atoms with Gasteiger partial charge in [-0.2, -0.15) is 0 Å². The summed E-state index contributed by atoms with van der Waals surface area (Å²) in [6, 6.07) is 5.05. The summed E-state index contributed by atoms with van der Waals surface area (Å²) >= 11 is 2.82. The molecule has 30 heavy (non-hydrogen) atoms. The van der Waals surface area contributed by atoms with Gasteiger partial charge in [0.25, 0.3) is 5.56 Å². The second kappa shape index (κ2) is 8.81. The van der Waals surface area contributed by atoms with E-state index in [1.807, 2.05) is 34.6 Å². The normalized spacial score (nSPS) is 12.4. The molecule has 2 aromatic heterocycles. The van der Waals surface area contributed by atoms with E-state index >= 15 is 0 Å². The molecule has 0 fully saturated rings. The summed E-state index contributed by atoms with van der Waals surface area (Å²) in [6.07, 6.45) is 0. The number of nitrogens with zero attached hydrogens (tertiary/aromatic N) is 2. The van der Waals surface area contributed by atoms with Crippen LogP contribution in [-0.2, 0) is 0 Å². The van der Waals surface area contributed by atoms with Crippen molar-refractivity contribution in [1.82, 2.24) is 9.55 Å². The fourth-order valence-electron chi connectivity index (χ4n) is 3.26. The third-order valence-corrected chi connectivity index (χ3v) is 7.21. The summed E-state index contributed by atoms with van der Waals surface area (Å²) in [5.74, 6) is 1.01. The van der Waals surface area contributed by atoms with Crippen molar-refractivity contribution in [1.29, 1.82) is 0 Å². The zero-order valence-corrected chi connectivity index (χ0v) is 19.9. The van der Waals surface area contributed by atoms with Crippen LogP contribution in [0.25, 0.3) is 10.2 Å². The molecule has 6 nitrogen and oxygen atoms in total. The molecular weight excluding hydrogens is 420 g/mol. The third-order valence-electron chi connectivity index (χ3n) is 5.04. The number of hydrogen-bond donors (Lipinski definition) is 0. The highest BCUT2D eigenvalue weighted by Gasteiger charge is 2.24. The lowest BCUT2D eigenvalue weighted by molar-refractivity contribution is 0.0993. The number of methoxy groups -OCH3 is 2. The third kappa shape index (κ3) is 3.98. The summed E-state index contributed by atoms with van der Waals surface area (Å²) in [4.78, 5) is 32.8. The molecule has 1 aromatic carbocycles. The Kier molecular flexibility index (Phi) is 6.57. The first-order valence-corrected chi connectivity index (χ1v) is 11.3. The minimum Gasteiger partial charge on any atom is -0.493 e. The van der Waals surface area contributed by atoms with Gasteiger partial charge in [-0.1, -0.05) is 11.8 Å². The maximum Gasteiger partial charge on any atom is 0.263 e. The molecule has 160 valence electrons. The maximum absolute atomic E-state index is 13.2. The van der Waals surface area contributed by atoms with Crippen LogP contribution >= 0.6 is 23.1 Å². The van der Waals surface area contributed by atoms with Crippen LogP contribution in [-0.4, -0.2) is 34.8 Å². The number of thiophene rings is 1. The number of thioether (sulfide) groups is 1. The van der Waals surface area contributed by atoms with Gasteiger partial charge in [0.2, 0.25) is 0 Å². The lowest BCUT2D eigenvalue weighted by atomic mass is 10.1. The standard InChI is InChI=1S/C22H26N2O4S2/c1-11(2)24-21(26)18-12(3)13(4)29-20(18)23-22(24)30-14(5)19(25)15-8-9-16(27-6)17(10-15)28-7/h8-11,14H,1-7H3. The molecule has 2 heterocycles. The number of ketones is 1. The Balaban J connectivity index is 2.00. The zero-order chi connectivity index (χ0) is 22.2. The Labute approximate surface area is 184 Å². The lowest BCUT2D eigenvalue weighted by Gasteiger charge is -2.18. The van der Waals surface area contributed by atoms with Crippen LogP contribution in [0.2, 0.25) is 0 Å². The van der Waals surface area contributed by atoms with Crippen LogP contribution < -0.4 is 15.0 Å². The number of Topliss-reactive ketones (excluding diaryl/α,β-unsaturated/α-hetero) is 1. The molecule has 0 saturated carbocycles. The van der Waals surface area contributed by atoms with Crippen LogP contribution in [0.5, 0.6) is 11.5 Å². The zero-order valence-electron chi connectivity index (χ0n) is 18.2. The second-order valence-electron chi connectivity index (χ2n) is 7.32. The van der Waals surface area contributed by atoms with Crippen molar-refractivity contribution in [3.05, 3.63) is 44.6 Å². The first kappa shape index (κ1) is 22.4. The molecule has 0 aliphatic heterocycles. The number of ether oxygens (including phenoxy) is 2. The molecule has 0 spiro atoms. The van der Waals surface area contributed by atoms with Crippen molar-refractivity contribution >= 4 is 39.1 Å². The molecule has 0 aliphatic rings. The fraction of sp³-hybridized carbons (Fsp3) is 0.409. The molecule has 3 aromatic rings. The number of benzene rings is 1. The van der Waals surface area contributed by atoms with Crippen molar-refractivity contribution in [2.45, 2.75) is 51.1 Å². The first-order chi connectivity index (χ1) is 14.2. The van der Waals surface area contributed by atoms with Gasteiger partial charge in [0.15, 0.2) is 22.4 Å². The van der Waals surface area contributed by atoms with E-state index < -0.39 is 5.25 Å². The van der Waals surface area contributed by atoms with E-state index in [-0.39, 0.29) is 17.4 Å². The van der Waals surface area contributed by atoms with Gasteiger partial charge in [0.1, 0.15) is 4.83 Å². The van der Waals surface area contributed by atoms with Gasteiger partial charge in [0.05, 0.1) is 24.9 Å². The minimum absolute atomic E-state index is 0.0508. The predicted octanol–water partition coefficient (Wildman–Crippen LogP) is 5.04. The van der Waals surface area contributed by atoms with Gasteiger partial charge in [-0.3, -0.25) is 14.2 Å². The second-order valence-corrected chi connectivity index (χ2v) is 9.83. The average Bonchev–Trinajstić information content (AvgIpc) is 3.00. The Morgan fingerprint density at radius 2 is 1.80 bits per heavy atom. The highest BCUT2D eigenvalue weighted by molar-refractivity contribution is 8.00. The smallest absolute Gasteiger partial charge is 0.263 e. The van der Waals surface area contributed by atoms with Crippen LogP contribution in [0.15, 0.2) is 28.2 Å². The number of fused-ring (bicyclic) bond motifs is 1. The molecule has 0 radical (unpaired) electrons. The lowest BCUT2D eigenvalue weighted by Crippen LogP contribution is -2.26. The largest absolute Gasteiger partial charge is 0.493 e. The number of carbonyl (C=O) groups excluding carboxylic acids is 1. The Morgan fingerprint density at radius 3 is 2.40 bits per heavy atom. The summed E-state index contributed by atoms with van der Waals surface area (Å²) in [5.41, 5.74) is 1.45. The van der Waals surface area contributed by atoms with Crippen molar-refractivity contribution in [2.75, 3.05) is 14.2 Å². The van der Waals surface area contributed by atoms with Crippen molar-refractivity contribution in [2.24, 2.45) is 0 Å². The van der Waals surface area contributed by atoms with E-state index in [1.54, 1.807) is 29.9 Å². The van der Waals surface area contributed by atoms with E-state index in [0.717, 1.165) is 15.3 Å². The molecule has 3 rings (SSSR count). The van der Waals surface area contributed by atoms with Crippen LogP contribution in [0.3, 0.4) is 0 Å². The van der Waals surface area contributed by atoms with E-state index in [4.69, 9.17) is 14.5 Å². The first-order valence-electron chi connectivity index (χ1n) is 9.64. The van der Waals surface area contributed by atoms with Gasteiger partial charge in [-0.15, -0.1) is 11.3 Å². The molecule has 0 amide bonds. The SMILES string of the molecule is COc1ccc(C(=O)C(C)Sc2nc3sc(C)c(C)c3c(=O)n2C(C)C)cc1OC. The van der Waals surface area contributed by atoms with Crippen molar-refractivity contribution in [3.63, 3.8) is 0 Å². The van der Waals surface area contributed by atoms with Gasteiger partial charge >= 0.3 is 0 Å². The number of carbonyl (C=O) groups is 1. The Bertz CT molecular complexity index is 1160. The molecule has 1 atom stereocenters. The van der Waals surface area contributed by atoms with Crippen LogP contribution in [0.1, 0.15) is 47.6 Å². The van der Waals surface area contributed by atoms with Crippen molar-refractivity contribution < 1.29 is 14.3 Å². The maximum atomic E-state index is 13.2. The molecule has 0 N–H and O–H groups in total. The summed E-state index contributed by atoms with van der Waals surface area (Å²) in [5, 5.41) is 0.805. The monoisotopic (exact) mass is 446 g/mol. The molecule has 1 unspecified atom stereocenters. The van der Waals surface area contributed by atoms with Gasteiger partial charge < -0.3 is 9.47 Å². The minimum atomic E-state index is -0.431. The number of aryl methyl sites for hydroxylation is 2. The van der Waals surface area contributed by atoms with Gasteiger partial charge in [-0.05, 0) is 58.4 Å². The predicted molar refractivity (Wildman–Crippen MR) is 123 cm³/mol. The highest BCUT2D eigenvalue weighted by Crippen LogP contribution is 2.33. The molecular formula is C22H26N2O4S2. The number of rotatable bonds is 7. The highest BCUT2D eigenvalue weighted by atomic mass is 32.2. The quantitative estimate of drug-likeness (QED) is 0.288.